The summed E-state index contributed by atoms with van der Waals surface area (Å²) in [7, 11) is 0. The van der Waals surface area contributed by atoms with E-state index in [1.165, 1.54) is 12.8 Å². The highest BCUT2D eigenvalue weighted by molar-refractivity contribution is 5.39. The normalized spacial score (nSPS) is 47.7. The molecule has 0 aliphatic heterocycles. The minimum absolute atomic E-state index is 0.103. The summed E-state index contributed by atoms with van der Waals surface area (Å²) in [5, 5.41) is 10.6. The molecule has 3 aliphatic rings. The van der Waals surface area contributed by atoms with E-state index >= 15 is 0 Å². The van der Waals surface area contributed by atoms with Crippen LogP contribution in [0.1, 0.15) is 53.4 Å². The van der Waals surface area contributed by atoms with E-state index in [9.17, 15) is 5.11 Å². The minimum Gasteiger partial charge on any atom is -0.392 e. The van der Waals surface area contributed by atoms with Crippen molar-refractivity contribution in [3.05, 3.63) is 11.6 Å². The molecule has 2 saturated carbocycles. The predicted octanol–water partition coefficient (Wildman–Crippen LogP) is 3.53. The quantitative estimate of drug-likeness (QED) is 0.619. The summed E-state index contributed by atoms with van der Waals surface area (Å²) < 4.78 is 0. The third-order valence-corrected chi connectivity index (χ3v) is 6.12. The number of aliphatic hydroxyl groups excluding tert-OH is 1. The van der Waals surface area contributed by atoms with Crippen LogP contribution in [0.4, 0.5) is 0 Å². The maximum atomic E-state index is 10.6. The lowest BCUT2D eigenvalue weighted by Gasteiger charge is -2.53. The highest BCUT2D eigenvalue weighted by atomic mass is 16.3. The van der Waals surface area contributed by atoms with Crippen LogP contribution >= 0.6 is 0 Å². The van der Waals surface area contributed by atoms with Gasteiger partial charge in [0, 0.05) is 5.41 Å². The van der Waals surface area contributed by atoms with E-state index in [1.54, 1.807) is 5.57 Å². The molecule has 3 unspecified atom stereocenters. The van der Waals surface area contributed by atoms with Gasteiger partial charge in [-0.25, -0.2) is 0 Å². The molecule has 3 aliphatic carbocycles. The van der Waals surface area contributed by atoms with Crippen molar-refractivity contribution < 1.29 is 5.11 Å². The molecule has 16 heavy (non-hydrogen) atoms. The molecule has 0 aromatic rings. The minimum atomic E-state index is -0.103. The Bertz CT molecular complexity index is 364. The van der Waals surface area contributed by atoms with Gasteiger partial charge in [-0.15, -0.1) is 0 Å². The fourth-order valence-corrected chi connectivity index (χ4v) is 5.00. The van der Waals surface area contributed by atoms with Gasteiger partial charge in [0.25, 0.3) is 0 Å². The van der Waals surface area contributed by atoms with Crippen LogP contribution in [0.5, 0.6) is 0 Å². The van der Waals surface area contributed by atoms with E-state index in [-0.39, 0.29) is 16.9 Å². The van der Waals surface area contributed by atoms with Crippen LogP contribution in [0, 0.1) is 22.2 Å². The highest BCUT2D eigenvalue weighted by Gasteiger charge is 2.66. The van der Waals surface area contributed by atoms with E-state index in [1.807, 2.05) is 0 Å². The zero-order valence-corrected chi connectivity index (χ0v) is 11.0. The van der Waals surface area contributed by atoms with E-state index in [0.717, 1.165) is 12.8 Å². The van der Waals surface area contributed by atoms with Crippen molar-refractivity contribution in [3.63, 3.8) is 0 Å². The Morgan fingerprint density at radius 2 is 1.81 bits per heavy atom. The summed E-state index contributed by atoms with van der Waals surface area (Å²) in [6.07, 6.45) is 7.04. The molecule has 0 heterocycles. The summed E-state index contributed by atoms with van der Waals surface area (Å²) in [4.78, 5) is 0. The van der Waals surface area contributed by atoms with Gasteiger partial charge < -0.3 is 5.11 Å². The SMILES string of the molecule is CC1(C)CCC(O)C23CCC(C=C12)C3(C)C. The first-order valence-corrected chi connectivity index (χ1v) is 6.73. The molecule has 1 nitrogen and oxygen atoms in total. The van der Waals surface area contributed by atoms with Crippen molar-refractivity contribution in [1.29, 1.82) is 0 Å². The fourth-order valence-electron chi connectivity index (χ4n) is 5.00. The lowest BCUT2D eigenvalue weighted by molar-refractivity contribution is -0.0529. The lowest BCUT2D eigenvalue weighted by Crippen LogP contribution is -2.50. The smallest absolute Gasteiger partial charge is 0.0639 e. The molecule has 1 N–H and O–H groups in total. The van der Waals surface area contributed by atoms with Crippen LogP contribution in [0.25, 0.3) is 0 Å². The number of rotatable bonds is 0. The number of aliphatic hydroxyl groups is 1. The van der Waals surface area contributed by atoms with Crippen LogP contribution in [0.15, 0.2) is 11.6 Å². The monoisotopic (exact) mass is 220 g/mol. The van der Waals surface area contributed by atoms with Crippen LogP contribution in [-0.2, 0) is 0 Å². The van der Waals surface area contributed by atoms with Gasteiger partial charge in [-0.3, -0.25) is 0 Å². The van der Waals surface area contributed by atoms with E-state index in [0.29, 0.717) is 11.3 Å². The molecule has 0 aromatic heterocycles. The van der Waals surface area contributed by atoms with Crippen LogP contribution in [-0.4, -0.2) is 11.2 Å². The van der Waals surface area contributed by atoms with Crippen molar-refractivity contribution >= 4 is 0 Å². The molecule has 90 valence electrons. The predicted molar refractivity (Wildman–Crippen MR) is 66.0 cm³/mol. The Kier molecular flexibility index (Phi) is 1.86. The van der Waals surface area contributed by atoms with Crippen LogP contribution < -0.4 is 0 Å². The van der Waals surface area contributed by atoms with E-state index in [2.05, 4.69) is 33.8 Å². The summed E-state index contributed by atoms with van der Waals surface area (Å²) in [5.74, 6) is 0.703. The first-order valence-electron chi connectivity index (χ1n) is 6.73. The van der Waals surface area contributed by atoms with E-state index in [4.69, 9.17) is 0 Å². The molecule has 0 aromatic carbocycles. The van der Waals surface area contributed by atoms with Crippen molar-refractivity contribution in [2.75, 3.05) is 0 Å². The van der Waals surface area contributed by atoms with Gasteiger partial charge in [0.2, 0.25) is 0 Å². The molecule has 2 fully saturated rings. The molecule has 3 atom stereocenters. The molecule has 1 heteroatoms. The molecule has 2 bridgehead atoms. The number of allylic oxidation sites excluding steroid dienone is 1. The van der Waals surface area contributed by atoms with Crippen molar-refractivity contribution in [2.45, 2.75) is 59.5 Å². The summed E-state index contributed by atoms with van der Waals surface area (Å²) in [5.41, 5.74) is 2.28. The lowest BCUT2D eigenvalue weighted by atomic mass is 9.53. The van der Waals surface area contributed by atoms with Crippen molar-refractivity contribution in [2.24, 2.45) is 22.2 Å². The second-order valence-corrected chi connectivity index (χ2v) is 7.36. The Hall–Kier alpha value is -0.300. The van der Waals surface area contributed by atoms with Crippen LogP contribution in [0.2, 0.25) is 0 Å². The third kappa shape index (κ3) is 0.932. The highest BCUT2D eigenvalue weighted by Crippen LogP contribution is 2.72. The van der Waals surface area contributed by atoms with Crippen LogP contribution in [0.3, 0.4) is 0 Å². The molecule has 3 rings (SSSR count). The molecule has 0 amide bonds. The fraction of sp³-hybridized carbons (Fsp3) is 0.867. The largest absolute Gasteiger partial charge is 0.392 e. The summed E-state index contributed by atoms with van der Waals surface area (Å²) in [6.45, 7) is 9.48. The summed E-state index contributed by atoms with van der Waals surface area (Å²) in [6, 6.07) is 0. The summed E-state index contributed by atoms with van der Waals surface area (Å²) >= 11 is 0. The zero-order chi connectivity index (χ0) is 11.8. The topological polar surface area (TPSA) is 20.2 Å². The third-order valence-electron chi connectivity index (χ3n) is 6.12. The maximum Gasteiger partial charge on any atom is 0.0639 e. The number of fused-ring (bicyclic) bond motifs is 1. The van der Waals surface area contributed by atoms with Gasteiger partial charge in [-0.2, -0.15) is 0 Å². The van der Waals surface area contributed by atoms with Gasteiger partial charge >= 0.3 is 0 Å². The van der Waals surface area contributed by atoms with Crippen molar-refractivity contribution in [3.8, 4) is 0 Å². The van der Waals surface area contributed by atoms with Gasteiger partial charge in [0.05, 0.1) is 6.10 Å². The molecular formula is C15H24O. The standard InChI is InChI=1S/C15H24O/c1-13(2)7-6-12(16)15-8-5-10(9-11(13)15)14(15,3)4/h9-10,12,16H,5-8H2,1-4H3. The first kappa shape index (κ1) is 10.8. The first-order chi connectivity index (χ1) is 7.32. The number of hydrogen-bond donors (Lipinski definition) is 1. The second kappa shape index (κ2) is 2.75. The maximum absolute atomic E-state index is 10.6. The Labute approximate surface area is 98.9 Å². The number of hydrogen-bond acceptors (Lipinski definition) is 1. The van der Waals surface area contributed by atoms with Gasteiger partial charge in [0.1, 0.15) is 0 Å². The Morgan fingerprint density at radius 3 is 2.38 bits per heavy atom. The van der Waals surface area contributed by atoms with Gasteiger partial charge in [0.15, 0.2) is 0 Å². The molecule has 0 saturated heterocycles. The average Bonchev–Trinajstić information content (AvgIpc) is 2.59. The van der Waals surface area contributed by atoms with Gasteiger partial charge in [-0.1, -0.05) is 39.3 Å². The zero-order valence-electron chi connectivity index (χ0n) is 11.0. The second-order valence-electron chi connectivity index (χ2n) is 7.36. The Balaban J connectivity index is 2.18. The molecule has 1 spiro atoms. The Morgan fingerprint density at radius 1 is 1.12 bits per heavy atom. The van der Waals surface area contributed by atoms with E-state index < -0.39 is 0 Å². The molecular weight excluding hydrogens is 196 g/mol. The molecule has 0 radical (unpaired) electrons. The van der Waals surface area contributed by atoms with Crippen molar-refractivity contribution in [1.82, 2.24) is 0 Å². The van der Waals surface area contributed by atoms with Gasteiger partial charge in [-0.05, 0) is 42.4 Å². The average molecular weight is 220 g/mol.